The molecule has 122 valence electrons. The van der Waals surface area contributed by atoms with Crippen molar-refractivity contribution in [3.8, 4) is 0 Å². The summed E-state index contributed by atoms with van der Waals surface area (Å²) < 4.78 is 0. The van der Waals surface area contributed by atoms with Gasteiger partial charge in [-0.3, -0.25) is 9.69 Å². The van der Waals surface area contributed by atoms with Gasteiger partial charge in [-0.25, -0.2) is 0 Å². The second kappa shape index (κ2) is 8.52. The van der Waals surface area contributed by atoms with Gasteiger partial charge in [-0.05, 0) is 39.8 Å². The van der Waals surface area contributed by atoms with E-state index in [1.807, 2.05) is 18.7 Å². The second-order valence-corrected chi connectivity index (χ2v) is 6.11. The number of aldehydes is 1. The van der Waals surface area contributed by atoms with Gasteiger partial charge in [0.05, 0.1) is 6.04 Å². The average Bonchev–Trinajstić information content (AvgIpc) is 2.94. The Morgan fingerprint density at radius 2 is 1.57 bits per heavy atom. The number of hydrogen-bond donors (Lipinski definition) is 0. The topological polar surface area (TPSA) is 40.6 Å². The van der Waals surface area contributed by atoms with E-state index in [1.165, 1.54) is 0 Å². The maximum absolute atomic E-state index is 12.6. The van der Waals surface area contributed by atoms with Gasteiger partial charge < -0.3 is 9.69 Å². The number of carbonyl (C=O) groups is 2. The average molecular weight is 296 g/mol. The molecule has 0 unspecified atom stereocenters. The maximum Gasteiger partial charge on any atom is 0.223 e. The van der Waals surface area contributed by atoms with Gasteiger partial charge in [-0.1, -0.05) is 26.7 Å². The molecule has 0 N–H and O–H groups in total. The number of carbonyl (C=O) groups excluding carboxylic acids is 2. The van der Waals surface area contributed by atoms with Crippen molar-refractivity contribution < 1.29 is 9.59 Å². The Labute approximate surface area is 129 Å². The monoisotopic (exact) mass is 296 g/mol. The van der Waals surface area contributed by atoms with Gasteiger partial charge in [-0.2, -0.15) is 0 Å². The van der Waals surface area contributed by atoms with Crippen molar-refractivity contribution in [1.29, 1.82) is 0 Å². The molecule has 1 saturated carbocycles. The van der Waals surface area contributed by atoms with Crippen LogP contribution in [0.5, 0.6) is 0 Å². The zero-order valence-corrected chi connectivity index (χ0v) is 14.2. The van der Waals surface area contributed by atoms with Crippen LogP contribution in [0.1, 0.15) is 59.8 Å². The summed E-state index contributed by atoms with van der Waals surface area (Å²) in [7, 11) is 0. The fraction of sp³-hybridized carbons (Fsp3) is 0.882. The second-order valence-electron chi connectivity index (χ2n) is 6.11. The first-order chi connectivity index (χ1) is 10.1. The summed E-state index contributed by atoms with van der Waals surface area (Å²) in [6.45, 7) is 11.4. The van der Waals surface area contributed by atoms with Crippen LogP contribution in [0.3, 0.4) is 0 Å². The summed E-state index contributed by atoms with van der Waals surface area (Å²) in [5.74, 6) is 0.209. The molecule has 0 aromatic carbocycles. The predicted octanol–water partition coefficient (Wildman–Crippen LogP) is 2.71. The summed E-state index contributed by atoms with van der Waals surface area (Å²) in [4.78, 5) is 28.5. The van der Waals surface area contributed by atoms with Gasteiger partial charge in [0.15, 0.2) is 0 Å². The first-order valence-electron chi connectivity index (χ1n) is 8.55. The fourth-order valence-corrected chi connectivity index (χ4v) is 3.88. The van der Waals surface area contributed by atoms with E-state index < -0.39 is 0 Å². The number of amides is 1. The van der Waals surface area contributed by atoms with E-state index in [4.69, 9.17) is 0 Å². The zero-order chi connectivity index (χ0) is 15.9. The van der Waals surface area contributed by atoms with Gasteiger partial charge in [0.25, 0.3) is 0 Å². The molecule has 0 aliphatic heterocycles. The quantitative estimate of drug-likeness (QED) is 0.614. The van der Waals surface area contributed by atoms with Crippen LogP contribution >= 0.6 is 0 Å². The van der Waals surface area contributed by atoms with Gasteiger partial charge in [0, 0.05) is 24.9 Å². The highest BCUT2D eigenvalue weighted by atomic mass is 16.2. The first kappa shape index (κ1) is 18.1. The Morgan fingerprint density at radius 3 is 1.95 bits per heavy atom. The van der Waals surface area contributed by atoms with Crippen molar-refractivity contribution in [2.24, 2.45) is 5.41 Å². The predicted molar refractivity (Wildman–Crippen MR) is 86.2 cm³/mol. The van der Waals surface area contributed by atoms with Crippen molar-refractivity contribution in [2.75, 3.05) is 26.2 Å². The Bertz CT molecular complexity index is 330. The van der Waals surface area contributed by atoms with Crippen LogP contribution in [0.15, 0.2) is 0 Å². The fourth-order valence-electron chi connectivity index (χ4n) is 3.88. The molecule has 1 aliphatic rings. The highest BCUT2D eigenvalue weighted by Gasteiger charge is 2.45. The smallest absolute Gasteiger partial charge is 0.223 e. The van der Waals surface area contributed by atoms with Gasteiger partial charge in [0.1, 0.15) is 6.29 Å². The lowest BCUT2D eigenvalue weighted by atomic mass is 9.75. The number of nitrogens with zero attached hydrogens (tertiary/aromatic N) is 2. The Morgan fingerprint density at radius 1 is 1.05 bits per heavy atom. The maximum atomic E-state index is 12.6. The summed E-state index contributed by atoms with van der Waals surface area (Å²) in [6.07, 6.45) is 5.89. The van der Waals surface area contributed by atoms with Crippen LogP contribution in [-0.2, 0) is 9.59 Å². The van der Waals surface area contributed by atoms with Crippen molar-refractivity contribution >= 4 is 12.2 Å². The van der Waals surface area contributed by atoms with Crippen LogP contribution in [0, 0.1) is 5.41 Å². The molecule has 0 heterocycles. The third-order valence-electron chi connectivity index (χ3n) is 5.18. The highest BCUT2D eigenvalue weighted by Crippen LogP contribution is 2.45. The molecule has 0 aromatic rings. The lowest BCUT2D eigenvalue weighted by molar-refractivity contribution is -0.135. The third kappa shape index (κ3) is 4.06. The molecule has 1 atom stereocenters. The van der Waals surface area contributed by atoms with Crippen molar-refractivity contribution in [3.05, 3.63) is 0 Å². The Kier molecular flexibility index (Phi) is 7.36. The van der Waals surface area contributed by atoms with E-state index in [2.05, 4.69) is 18.7 Å². The molecule has 4 heteroatoms. The summed E-state index contributed by atoms with van der Waals surface area (Å²) in [6, 6.07) is -0.116. The van der Waals surface area contributed by atoms with Crippen molar-refractivity contribution in [1.82, 2.24) is 9.80 Å². The van der Waals surface area contributed by atoms with Crippen LogP contribution in [-0.4, -0.2) is 54.2 Å². The first-order valence-corrected chi connectivity index (χ1v) is 8.55. The molecule has 0 aromatic heterocycles. The van der Waals surface area contributed by atoms with E-state index in [1.54, 1.807) is 0 Å². The molecule has 0 bridgehead atoms. The van der Waals surface area contributed by atoms with Gasteiger partial charge >= 0.3 is 0 Å². The van der Waals surface area contributed by atoms with Crippen molar-refractivity contribution in [2.45, 2.75) is 65.8 Å². The minimum absolute atomic E-state index is 0.116. The van der Waals surface area contributed by atoms with Crippen LogP contribution in [0.25, 0.3) is 0 Å². The number of hydrogen-bond acceptors (Lipinski definition) is 3. The Hall–Kier alpha value is -0.900. The van der Waals surface area contributed by atoms with Crippen LogP contribution < -0.4 is 0 Å². The minimum atomic E-state index is -0.145. The van der Waals surface area contributed by atoms with E-state index >= 15 is 0 Å². The van der Waals surface area contributed by atoms with E-state index in [9.17, 15) is 9.59 Å². The summed E-state index contributed by atoms with van der Waals surface area (Å²) in [5.41, 5.74) is -0.145. The third-order valence-corrected chi connectivity index (χ3v) is 5.18. The number of rotatable bonds is 9. The van der Waals surface area contributed by atoms with Crippen LogP contribution in [0.2, 0.25) is 0 Å². The SMILES string of the molecule is CCN(CC)C(=O)CC1([C@@H](C=O)N(CC)CC)CCCC1. The standard InChI is InChI=1S/C17H32N2O2/c1-5-18(6-2)15(14-20)17(11-9-10-12-17)13-16(21)19(7-3)8-4/h14-15H,5-13H2,1-4H3/t15-/m1/s1. The van der Waals surface area contributed by atoms with Gasteiger partial charge in [0.2, 0.25) is 5.91 Å². The van der Waals surface area contributed by atoms with E-state index in [-0.39, 0.29) is 17.4 Å². The van der Waals surface area contributed by atoms with E-state index in [0.29, 0.717) is 6.42 Å². The highest BCUT2D eigenvalue weighted by molar-refractivity contribution is 5.78. The van der Waals surface area contributed by atoms with Gasteiger partial charge in [-0.15, -0.1) is 0 Å². The molecule has 1 amide bonds. The molecule has 0 radical (unpaired) electrons. The molecular weight excluding hydrogens is 264 g/mol. The molecule has 1 fully saturated rings. The molecular formula is C17H32N2O2. The molecule has 1 aliphatic carbocycles. The number of likely N-dealkylation sites (N-methyl/N-ethyl adjacent to an activating group) is 1. The van der Waals surface area contributed by atoms with Crippen molar-refractivity contribution in [3.63, 3.8) is 0 Å². The Balaban J connectivity index is 2.96. The largest absolute Gasteiger partial charge is 0.343 e. The summed E-state index contributed by atoms with van der Waals surface area (Å²) >= 11 is 0. The molecule has 0 spiro atoms. The zero-order valence-electron chi connectivity index (χ0n) is 14.2. The molecule has 21 heavy (non-hydrogen) atoms. The molecule has 0 saturated heterocycles. The lowest BCUT2D eigenvalue weighted by Crippen LogP contribution is -2.50. The lowest BCUT2D eigenvalue weighted by Gasteiger charge is -2.41. The normalized spacial score (nSPS) is 18.7. The minimum Gasteiger partial charge on any atom is -0.343 e. The summed E-state index contributed by atoms with van der Waals surface area (Å²) in [5, 5.41) is 0. The molecule has 1 rings (SSSR count). The van der Waals surface area contributed by atoms with E-state index in [0.717, 1.165) is 58.1 Å². The molecule has 4 nitrogen and oxygen atoms in total. The van der Waals surface area contributed by atoms with Crippen LogP contribution in [0.4, 0.5) is 0 Å².